The number of rotatable bonds is 4. The normalized spacial score (nSPS) is 18.5. The van der Waals surface area contributed by atoms with Crippen LogP contribution >= 0.6 is 27.3 Å². The van der Waals surface area contributed by atoms with Gasteiger partial charge in [-0.15, -0.1) is 11.3 Å². The maximum atomic E-state index is 3.67. The van der Waals surface area contributed by atoms with Gasteiger partial charge in [-0.1, -0.05) is 24.8 Å². The van der Waals surface area contributed by atoms with Crippen molar-refractivity contribution in [3.8, 4) is 0 Å². The van der Waals surface area contributed by atoms with Crippen molar-refractivity contribution in [3.63, 3.8) is 0 Å². The third-order valence-electron chi connectivity index (χ3n) is 3.91. The Morgan fingerprint density at radius 1 is 1.35 bits per heavy atom. The molecule has 1 fully saturated rings. The second kappa shape index (κ2) is 7.24. The molecule has 1 N–H and O–H groups in total. The molecule has 1 nitrogen and oxygen atoms in total. The Bertz CT molecular complexity index is 450. The number of halogens is 1. The first-order chi connectivity index (χ1) is 9.46. The third-order valence-corrected chi connectivity index (χ3v) is 5.73. The lowest BCUT2D eigenvalue weighted by atomic mass is 9.83. The van der Waals surface area contributed by atoms with E-state index in [-0.39, 0.29) is 5.54 Å². The SMILES string of the molecule is CC(C)(C)NC/C(=C/c1sccc1Br)C1CCCCC1. The monoisotopic (exact) mass is 355 g/mol. The molecule has 0 spiro atoms. The molecule has 0 saturated heterocycles. The van der Waals surface area contributed by atoms with Crippen LogP contribution in [0.15, 0.2) is 21.5 Å². The molecule has 0 amide bonds. The summed E-state index contributed by atoms with van der Waals surface area (Å²) in [6, 6.07) is 2.15. The van der Waals surface area contributed by atoms with Gasteiger partial charge in [-0.25, -0.2) is 0 Å². The van der Waals surface area contributed by atoms with Crippen LogP contribution < -0.4 is 5.32 Å². The highest BCUT2D eigenvalue weighted by atomic mass is 79.9. The van der Waals surface area contributed by atoms with Crippen LogP contribution in [-0.2, 0) is 0 Å². The molecule has 0 bridgehead atoms. The highest BCUT2D eigenvalue weighted by Gasteiger charge is 2.20. The lowest BCUT2D eigenvalue weighted by Crippen LogP contribution is -2.38. The standard InChI is InChI=1S/C17H26BrNS/c1-17(2,3)19-12-14(13-7-5-4-6-8-13)11-16-15(18)9-10-20-16/h9-11,13,19H,4-8,12H2,1-3H3/b14-11-. The van der Waals surface area contributed by atoms with E-state index in [1.807, 2.05) is 11.3 Å². The van der Waals surface area contributed by atoms with E-state index in [4.69, 9.17) is 0 Å². The molecule has 1 aliphatic carbocycles. The van der Waals surface area contributed by atoms with Crippen molar-refractivity contribution in [2.75, 3.05) is 6.54 Å². The predicted octanol–water partition coefficient (Wildman–Crippen LogP) is 5.86. The largest absolute Gasteiger partial charge is 0.308 e. The number of hydrogen-bond acceptors (Lipinski definition) is 2. The third kappa shape index (κ3) is 5.01. The molecule has 0 radical (unpaired) electrons. The molecule has 0 aliphatic heterocycles. The van der Waals surface area contributed by atoms with E-state index in [1.54, 1.807) is 5.57 Å². The quantitative estimate of drug-likeness (QED) is 0.712. The lowest BCUT2D eigenvalue weighted by molar-refractivity contribution is 0.378. The number of thiophene rings is 1. The average molecular weight is 356 g/mol. The van der Waals surface area contributed by atoms with E-state index in [9.17, 15) is 0 Å². The molecule has 0 aromatic carbocycles. The van der Waals surface area contributed by atoms with Crippen molar-refractivity contribution in [2.45, 2.75) is 58.4 Å². The van der Waals surface area contributed by atoms with E-state index in [0.29, 0.717) is 0 Å². The van der Waals surface area contributed by atoms with E-state index in [1.165, 1.54) is 41.5 Å². The first-order valence-electron chi connectivity index (χ1n) is 7.64. The Labute approximate surface area is 136 Å². The molecule has 112 valence electrons. The minimum atomic E-state index is 0.181. The van der Waals surface area contributed by atoms with Gasteiger partial charge >= 0.3 is 0 Å². The van der Waals surface area contributed by atoms with Gasteiger partial charge in [0.25, 0.3) is 0 Å². The molecule has 1 aromatic heterocycles. The average Bonchev–Trinajstić information content (AvgIpc) is 2.80. The highest BCUT2D eigenvalue weighted by Crippen LogP contribution is 2.33. The molecule has 1 saturated carbocycles. The first kappa shape index (κ1) is 16.3. The molecular formula is C17H26BrNS. The fraction of sp³-hybridized carbons (Fsp3) is 0.647. The van der Waals surface area contributed by atoms with E-state index >= 15 is 0 Å². The van der Waals surface area contributed by atoms with Crippen molar-refractivity contribution in [3.05, 3.63) is 26.4 Å². The van der Waals surface area contributed by atoms with Gasteiger partial charge < -0.3 is 5.32 Å². The predicted molar refractivity (Wildman–Crippen MR) is 94.3 cm³/mol. The zero-order chi connectivity index (χ0) is 14.6. The zero-order valence-electron chi connectivity index (χ0n) is 12.8. The summed E-state index contributed by atoms with van der Waals surface area (Å²) in [5.74, 6) is 0.771. The molecule has 1 aromatic rings. The van der Waals surface area contributed by atoms with Crippen molar-refractivity contribution < 1.29 is 0 Å². The van der Waals surface area contributed by atoms with Crippen LogP contribution in [0.4, 0.5) is 0 Å². The maximum absolute atomic E-state index is 3.67. The van der Waals surface area contributed by atoms with Gasteiger partial charge in [-0.2, -0.15) is 0 Å². The van der Waals surface area contributed by atoms with Crippen LogP contribution in [0, 0.1) is 5.92 Å². The summed E-state index contributed by atoms with van der Waals surface area (Å²) in [5, 5.41) is 5.83. The summed E-state index contributed by atoms with van der Waals surface area (Å²) in [5.41, 5.74) is 1.77. The van der Waals surface area contributed by atoms with Crippen molar-refractivity contribution in [1.82, 2.24) is 5.32 Å². The van der Waals surface area contributed by atoms with Crippen LogP contribution in [0.5, 0.6) is 0 Å². The second-order valence-electron chi connectivity index (χ2n) is 6.79. The Balaban J connectivity index is 2.14. The van der Waals surface area contributed by atoms with Crippen molar-refractivity contribution in [1.29, 1.82) is 0 Å². The molecule has 20 heavy (non-hydrogen) atoms. The summed E-state index contributed by atoms with van der Waals surface area (Å²) < 4.78 is 1.23. The second-order valence-corrected chi connectivity index (χ2v) is 8.59. The Hall–Kier alpha value is -0.120. The fourth-order valence-corrected chi connectivity index (χ4v) is 4.18. The van der Waals surface area contributed by atoms with Gasteiger partial charge in [-0.05, 0) is 73.0 Å². The van der Waals surface area contributed by atoms with E-state index in [0.717, 1.165) is 12.5 Å². The zero-order valence-corrected chi connectivity index (χ0v) is 15.2. The fourth-order valence-electron chi connectivity index (χ4n) is 2.73. The van der Waals surface area contributed by atoms with Gasteiger partial charge in [0.15, 0.2) is 0 Å². The van der Waals surface area contributed by atoms with Gasteiger partial charge in [0.1, 0.15) is 0 Å². The van der Waals surface area contributed by atoms with Crippen LogP contribution in [0.1, 0.15) is 57.8 Å². The molecule has 1 aliphatic rings. The Morgan fingerprint density at radius 2 is 2.05 bits per heavy atom. The maximum Gasteiger partial charge on any atom is 0.0412 e. The van der Waals surface area contributed by atoms with Crippen LogP contribution in [0.25, 0.3) is 6.08 Å². The Kier molecular flexibility index (Phi) is 5.88. The minimum Gasteiger partial charge on any atom is -0.308 e. The first-order valence-corrected chi connectivity index (χ1v) is 9.31. The summed E-state index contributed by atoms with van der Waals surface area (Å²) in [6.45, 7) is 7.74. The van der Waals surface area contributed by atoms with Crippen LogP contribution in [0.2, 0.25) is 0 Å². The van der Waals surface area contributed by atoms with Crippen molar-refractivity contribution >= 4 is 33.3 Å². The lowest BCUT2D eigenvalue weighted by Gasteiger charge is -2.28. The topological polar surface area (TPSA) is 12.0 Å². The van der Waals surface area contributed by atoms with Crippen LogP contribution in [0.3, 0.4) is 0 Å². The summed E-state index contributed by atoms with van der Waals surface area (Å²) in [4.78, 5) is 1.36. The van der Waals surface area contributed by atoms with Gasteiger partial charge in [0.2, 0.25) is 0 Å². The Morgan fingerprint density at radius 3 is 2.60 bits per heavy atom. The van der Waals surface area contributed by atoms with Gasteiger partial charge in [0, 0.05) is 21.4 Å². The summed E-state index contributed by atoms with van der Waals surface area (Å²) in [7, 11) is 0. The summed E-state index contributed by atoms with van der Waals surface area (Å²) in [6.07, 6.45) is 9.34. The molecule has 3 heteroatoms. The van der Waals surface area contributed by atoms with Crippen LogP contribution in [-0.4, -0.2) is 12.1 Å². The number of hydrogen-bond donors (Lipinski definition) is 1. The highest BCUT2D eigenvalue weighted by molar-refractivity contribution is 9.10. The van der Waals surface area contributed by atoms with E-state index < -0.39 is 0 Å². The smallest absolute Gasteiger partial charge is 0.0412 e. The molecule has 0 atom stereocenters. The molecular weight excluding hydrogens is 330 g/mol. The number of nitrogens with one attached hydrogen (secondary N) is 1. The van der Waals surface area contributed by atoms with Crippen molar-refractivity contribution in [2.24, 2.45) is 5.92 Å². The summed E-state index contributed by atoms with van der Waals surface area (Å²) >= 11 is 5.48. The van der Waals surface area contributed by atoms with Gasteiger partial charge in [-0.3, -0.25) is 0 Å². The minimum absolute atomic E-state index is 0.181. The van der Waals surface area contributed by atoms with E-state index in [2.05, 4.69) is 59.5 Å². The molecule has 1 heterocycles. The molecule has 0 unspecified atom stereocenters. The molecule has 2 rings (SSSR count). The van der Waals surface area contributed by atoms with Gasteiger partial charge in [0.05, 0.1) is 0 Å².